The Morgan fingerprint density at radius 1 is 1.33 bits per heavy atom. The number of hydrogen-bond acceptors (Lipinski definition) is 5. The molecule has 1 aromatic heterocycles. The summed E-state index contributed by atoms with van der Waals surface area (Å²) in [5.41, 5.74) is -0.585. The predicted molar refractivity (Wildman–Crippen MR) is 74.9 cm³/mol. The van der Waals surface area contributed by atoms with Crippen LogP contribution in [0.2, 0.25) is 0 Å². The molecule has 0 unspecified atom stereocenters. The van der Waals surface area contributed by atoms with Gasteiger partial charge >= 0.3 is 5.97 Å². The molecule has 0 aromatic carbocycles. The van der Waals surface area contributed by atoms with E-state index >= 15 is 0 Å². The lowest BCUT2D eigenvalue weighted by Gasteiger charge is -2.14. The molecule has 21 heavy (non-hydrogen) atoms. The molecule has 0 bridgehead atoms. The van der Waals surface area contributed by atoms with Crippen molar-refractivity contribution < 1.29 is 23.1 Å². The predicted octanol–water partition coefficient (Wildman–Crippen LogP) is 0.334. The van der Waals surface area contributed by atoms with Crippen molar-refractivity contribution >= 4 is 21.7 Å². The highest BCUT2D eigenvalue weighted by molar-refractivity contribution is 7.90. The number of carbonyl (C=O) groups excluding carboxylic acids is 1. The Morgan fingerprint density at radius 3 is 2.48 bits per heavy atom. The van der Waals surface area contributed by atoms with Crippen LogP contribution < -0.4 is 5.32 Å². The molecule has 0 atom stereocenters. The Kier molecular flexibility index (Phi) is 3.99. The van der Waals surface area contributed by atoms with Crippen LogP contribution in [0.3, 0.4) is 0 Å². The Labute approximate surface area is 122 Å². The van der Waals surface area contributed by atoms with Gasteiger partial charge in [-0.1, -0.05) is 6.07 Å². The minimum absolute atomic E-state index is 0.00468. The maximum atomic E-state index is 11.9. The van der Waals surface area contributed by atoms with Gasteiger partial charge in [0.1, 0.15) is 21.2 Å². The third-order valence-electron chi connectivity index (χ3n) is 3.35. The highest BCUT2D eigenvalue weighted by Crippen LogP contribution is 2.46. The first-order chi connectivity index (χ1) is 9.71. The summed E-state index contributed by atoms with van der Waals surface area (Å²) in [5, 5.41) is 11.5. The number of rotatable bonds is 6. The second-order valence-corrected chi connectivity index (χ2v) is 7.61. The third kappa shape index (κ3) is 4.25. The molecule has 1 heterocycles. The smallest absolute Gasteiger partial charge is 0.354 e. The Morgan fingerprint density at radius 2 is 1.95 bits per heavy atom. The van der Waals surface area contributed by atoms with Crippen LogP contribution in [-0.4, -0.2) is 48.9 Å². The molecule has 114 valence electrons. The molecule has 0 radical (unpaired) electrons. The second-order valence-electron chi connectivity index (χ2n) is 5.47. The lowest BCUT2D eigenvalue weighted by Crippen LogP contribution is -2.34. The number of carbonyl (C=O) groups is 2. The number of hydrogen-bond donors (Lipinski definition) is 2. The Hall–Kier alpha value is -1.96. The summed E-state index contributed by atoms with van der Waals surface area (Å²) >= 11 is 0. The molecule has 8 heteroatoms. The van der Waals surface area contributed by atoms with E-state index in [9.17, 15) is 18.0 Å². The summed E-state index contributed by atoms with van der Waals surface area (Å²) in [6, 6.07) is 4.15. The van der Waals surface area contributed by atoms with Crippen LogP contribution in [0.5, 0.6) is 0 Å². The SMILES string of the molecule is CS(=O)(=O)CC1(CNC(=O)c2cccc(C(=O)O)n2)CC1. The van der Waals surface area contributed by atoms with Gasteiger partial charge in [0, 0.05) is 18.2 Å². The van der Waals surface area contributed by atoms with Gasteiger partial charge in [-0.25, -0.2) is 18.2 Å². The zero-order chi connectivity index (χ0) is 15.7. The van der Waals surface area contributed by atoms with Crippen molar-refractivity contribution in [3.63, 3.8) is 0 Å². The maximum Gasteiger partial charge on any atom is 0.354 e. The average molecular weight is 312 g/mol. The first-order valence-corrected chi connectivity index (χ1v) is 8.43. The maximum absolute atomic E-state index is 11.9. The van der Waals surface area contributed by atoms with E-state index in [1.54, 1.807) is 0 Å². The summed E-state index contributed by atoms with van der Waals surface area (Å²) in [7, 11) is -3.09. The summed E-state index contributed by atoms with van der Waals surface area (Å²) < 4.78 is 22.7. The average Bonchev–Trinajstić information content (AvgIpc) is 3.14. The van der Waals surface area contributed by atoms with Gasteiger partial charge in [0.25, 0.3) is 5.91 Å². The van der Waals surface area contributed by atoms with Crippen LogP contribution in [0.25, 0.3) is 0 Å². The molecule has 0 saturated heterocycles. The minimum Gasteiger partial charge on any atom is -0.477 e. The van der Waals surface area contributed by atoms with Crippen LogP contribution in [0.15, 0.2) is 18.2 Å². The molecule has 2 N–H and O–H groups in total. The second kappa shape index (κ2) is 5.44. The molecular weight excluding hydrogens is 296 g/mol. The number of carboxylic acids is 1. The minimum atomic E-state index is -3.09. The number of nitrogens with one attached hydrogen (secondary N) is 1. The quantitative estimate of drug-likeness (QED) is 0.783. The number of aromatic nitrogens is 1. The molecule has 1 aliphatic rings. The van der Waals surface area contributed by atoms with Gasteiger partial charge in [0.05, 0.1) is 5.75 Å². The first-order valence-electron chi connectivity index (χ1n) is 6.37. The zero-order valence-electron chi connectivity index (χ0n) is 11.5. The van der Waals surface area contributed by atoms with Gasteiger partial charge in [0.15, 0.2) is 0 Å². The van der Waals surface area contributed by atoms with Crippen molar-refractivity contribution in [2.24, 2.45) is 5.41 Å². The molecule has 0 spiro atoms. The molecule has 1 fully saturated rings. The molecule has 1 aromatic rings. The molecule has 2 rings (SSSR count). The fraction of sp³-hybridized carbons (Fsp3) is 0.462. The fourth-order valence-corrected chi connectivity index (χ4v) is 3.65. The summed E-state index contributed by atoms with van der Waals surface area (Å²) in [6.07, 6.45) is 2.68. The Bertz CT molecular complexity index is 680. The van der Waals surface area contributed by atoms with E-state index in [-0.39, 0.29) is 29.1 Å². The largest absolute Gasteiger partial charge is 0.477 e. The van der Waals surface area contributed by atoms with Crippen LogP contribution in [0.4, 0.5) is 0 Å². The van der Waals surface area contributed by atoms with Crippen molar-refractivity contribution in [2.45, 2.75) is 12.8 Å². The van der Waals surface area contributed by atoms with Crippen molar-refractivity contribution in [1.29, 1.82) is 0 Å². The summed E-state index contributed by atoms with van der Waals surface area (Å²) in [6.45, 7) is 0.248. The van der Waals surface area contributed by atoms with E-state index in [1.165, 1.54) is 24.5 Å². The Balaban J connectivity index is 1.99. The van der Waals surface area contributed by atoms with Crippen LogP contribution in [-0.2, 0) is 9.84 Å². The molecule has 1 saturated carbocycles. The number of sulfone groups is 1. The van der Waals surface area contributed by atoms with Crippen LogP contribution >= 0.6 is 0 Å². The topological polar surface area (TPSA) is 113 Å². The summed E-state index contributed by atoms with van der Waals surface area (Å²) in [5.74, 6) is -1.67. The van der Waals surface area contributed by atoms with E-state index in [2.05, 4.69) is 10.3 Å². The standard InChI is InChI=1S/C13H16N2O5S/c1-21(19,20)8-13(5-6-13)7-14-11(16)9-3-2-4-10(15-9)12(17)18/h2-4H,5-8H2,1H3,(H,14,16)(H,17,18). The van der Waals surface area contributed by atoms with Crippen LogP contribution in [0, 0.1) is 5.41 Å². The van der Waals surface area contributed by atoms with E-state index in [4.69, 9.17) is 5.11 Å². The highest BCUT2D eigenvalue weighted by Gasteiger charge is 2.45. The normalized spacial score (nSPS) is 16.2. The molecular formula is C13H16N2O5S. The first kappa shape index (κ1) is 15.4. The number of nitrogens with zero attached hydrogens (tertiary/aromatic N) is 1. The molecule has 0 aliphatic heterocycles. The van der Waals surface area contributed by atoms with Crippen molar-refractivity contribution in [3.05, 3.63) is 29.6 Å². The third-order valence-corrected chi connectivity index (χ3v) is 4.49. The lowest BCUT2D eigenvalue weighted by molar-refractivity contribution is 0.0690. The van der Waals surface area contributed by atoms with Crippen molar-refractivity contribution in [2.75, 3.05) is 18.6 Å². The van der Waals surface area contributed by atoms with E-state index < -0.39 is 21.7 Å². The van der Waals surface area contributed by atoms with E-state index in [0.717, 1.165) is 12.8 Å². The number of amides is 1. The van der Waals surface area contributed by atoms with Crippen LogP contribution in [0.1, 0.15) is 33.8 Å². The van der Waals surface area contributed by atoms with Gasteiger partial charge in [-0.2, -0.15) is 0 Å². The van der Waals surface area contributed by atoms with Gasteiger partial charge in [-0.15, -0.1) is 0 Å². The monoisotopic (exact) mass is 312 g/mol. The number of aromatic carboxylic acids is 1. The van der Waals surface area contributed by atoms with Crippen molar-refractivity contribution in [1.82, 2.24) is 10.3 Å². The molecule has 1 amide bonds. The van der Waals surface area contributed by atoms with E-state index in [1.807, 2.05) is 0 Å². The van der Waals surface area contributed by atoms with Gasteiger partial charge in [-0.3, -0.25) is 4.79 Å². The zero-order valence-corrected chi connectivity index (χ0v) is 12.3. The highest BCUT2D eigenvalue weighted by atomic mass is 32.2. The lowest BCUT2D eigenvalue weighted by atomic mass is 10.1. The molecule has 1 aliphatic carbocycles. The number of carboxylic acid groups (broad SMARTS) is 1. The summed E-state index contributed by atoms with van der Waals surface area (Å²) in [4.78, 5) is 26.5. The fourth-order valence-electron chi connectivity index (χ4n) is 2.14. The van der Waals surface area contributed by atoms with Gasteiger partial charge < -0.3 is 10.4 Å². The van der Waals surface area contributed by atoms with Crippen molar-refractivity contribution in [3.8, 4) is 0 Å². The molecule has 7 nitrogen and oxygen atoms in total. The van der Waals surface area contributed by atoms with Gasteiger partial charge in [-0.05, 0) is 25.0 Å². The van der Waals surface area contributed by atoms with Gasteiger partial charge in [0.2, 0.25) is 0 Å². The number of pyridine rings is 1. The van der Waals surface area contributed by atoms with E-state index in [0.29, 0.717) is 0 Å².